The zero-order valence-corrected chi connectivity index (χ0v) is 14.4. The van der Waals surface area contributed by atoms with Crippen LogP contribution in [0, 0.1) is 6.92 Å². The Hall–Kier alpha value is -3.10. The molecule has 0 saturated carbocycles. The smallest absolute Gasteiger partial charge is 0.416 e. The van der Waals surface area contributed by atoms with Gasteiger partial charge in [0.15, 0.2) is 12.0 Å². The van der Waals surface area contributed by atoms with Crippen LogP contribution in [0.4, 0.5) is 13.2 Å². The van der Waals surface area contributed by atoms with Gasteiger partial charge in [-0.2, -0.15) is 13.2 Å². The molecule has 0 amide bonds. The second-order valence-corrected chi connectivity index (χ2v) is 6.56. The van der Waals surface area contributed by atoms with Gasteiger partial charge in [-0.3, -0.25) is 4.57 Å². The third-order valence-electron chi connectivity index (χ3n) is 4.91. The Morgan fingerprint density at radius 2 is 1.93 bits per heavy atom. The number of allylic oxidation sites excluding steroid dienone is 2. The Balaban J connectivity index is 1.75. The van der Waals surface area contributed by atoms with Crippen molar-refractivity contribution in [2.75, 3.05) is 7.11 Å². The van der Waals surface area contributed by atoms with E-state index in [1.165, 1.54) is 19.2 Å². The maximum absolute atomic E-state index is 13.6. The largest absolute Gasteiger partial charge is 0.497 e. The van der Waals surface area contributed by atoms with Crippen molar-refractivity contribution in [3.8, 4) is 11.6 Å². The van der Waals surface area contributed by atoms with Crippen LogP contribution < -0.4 is 0 Å². The van der Waals surface area contributed by atoms with Crippen molar-refractivity contribution >= 4 is 0 Å². The quantitative estimate of drug-likeness (QED) is 0.690. The van der Waals surface area contributed by atoms with Gasteiger partial charge in [-0.1, -0.05) is 18.2 Å². The molecule has 3 aromatic rings. The number of imidazole rings is 1. The number of methoxy groups -OCH3 is 1. The topological polar surface area (TPSA) is 57.8 Å². The van der Waals surface area contributed by atoms with E-state index in [0.717, 1.165) is 11.8 Å². The number of alkyl halides is 3. The molecule has 9 heteroatoms. The fourth-order valence-electron chi connectivity index (χ4n) is 3.82. The first-order valence-electron chi connectivity index (χ1n) is 8.32. The normalized spacial score (nSPS) is 20.3. The first kappa shape index (κ1) is 16.1. The van der Waals surface area contributed by atoms with E-state index in [-0.39, 0.29) is 5.56 Å². The minimum Gasteiger partial charge on any atom is -0.497 e. The molecule has 0 radical (unpaired) electrons. The van der Waals surface area contributed by atoms with Gasteiger partial charge in [-0.15, -0.1) is 5.10 Å². The van der Waals surface area contributed by atoms with Crippen LogP contribution in [0.25, 0.3) is 11.6 Å². The van der Waals surface area contributed by atoms with Crippen molar-refractivity contribution in [3.63, 3.8) is 0 Å². The number of rotatable bonds is 2. The van der Waals surface area contributed by atoms with Crippen molar-refractivity contribution in [1.29, 1.82) is 0 Å². The minimum absolute atomic E-state index is 0.119. The summed E-state index contributed by atoms with van der Waals surface area (Å²) in [6.07, 6.45) is -1.36. The Kier molecular flexibility index (Phi) is 3.11. The summed E-state index contributed by atoms with van der Waals surface area (Å²) < 4.78 is 49.7. The molecule has 0 fully saturated rings. The molecule has 2 aromatic heterocycles. The first-order chi connectivity index (χ1) is 12.9. The van der Waals surface area contributed by atoms with Crippen LogP contribution in [0.2, 0.25) is 0 Å². The maximum atomic E-state index is 13.6. The second kappa shape index (κ2) is 5.21. The number of nitrogens with zero attached hydrogens (tertiary/aromatic N) is 5. The molecule has 2 aliphatic heterocycles. The van der Waals surface area contributed by atoms with Crippen LogP contribution in [0.15, 0.2) is 42.3 Å². The molecule has 0 saturated heterocycles. The van der Waals surface area contributed by atoms with Gasteiger partial charge in [0.2, 0.25) is 5.82 Å². The third kappa shape index (κ3) is 2.17. The van der Waals surface area contributed by atoms with Gasteiger partial charge in [0.1, 0.15) is 11.6 Å². The Morgan fingerprint density at radius 1 is 1.15 bits per heavy atom. The maximum Gasteiger partial charge on any atom is 0.416 e. The van der Waals surface area contributed by atoms with Crippen molar-refractivity contribution in [2.24, 2.45) is 0 Å². The summed E-state index contributed by atoms with van der Waals surface area (Å²) in [6, 6.07) is 5.52. The fraction of sp³-hybridized carbons (Fsp3) is 0.278. The van der Waals surface area contributed by atoms with E-state index in [2.05, 4.69) is 15.1 Å². The van der Waals surface area contributed by atoms with E-state index in [9.17, 15) is 13.2 Å². The van der Waals surface area contributed by atoms with Crippen LogP contribution in [0.5, 0.6) is 0 Å². The summed E-state index contributed by atoms with van der Waals surface area (Å²) in [5.74, 6) is 1.20. The molecule has 27 heavy (non-hydrogen) atoms. The molecule has 2 unspecified atom stereocenters. The van der Waals surface area contributed by atoms with E-state index in [4.69, 9.17) is 4.74 Å². The molecule has 0 N–H and O–H groups in total. The van der Waals surface area contributed by atoms with E-state index < -0.39 is 23.8 Å². The molecule has 1 aromatic carbocycles. The highest BCUT2D eigenvalue weighted by Gasteiger charge is 2.42. The van der Waals surface area contributed by atoms with Crippen molar-refractivity contribution < 1.29 is 17.9 Å². The summed E-state index contributed by atoms with van der Waals surface area (Å²) in [7, 11) is 1.50. The van der Waals surface area contributed by atoms with Gasteiger partial charge >= 0.3 is 6.18 Å². The van der Waals surface area contributed by atoms with Crippen molar-refractivity contribution in [2.45, 2.75) is 25.2 Å². The van der Waals surface area contributed by atoms with Gasteiger partial charge in [-0.05, 0) is 24.6 Å². The highest BCUT2D eigenvalue weighted by atomic mass is 19.4. The van der Waals surface area contributed by atoms with Gasteiger partial charge in [0.05, 0.1) is 24.3 Å². The standard InChI is InChI=1S/C18H14F3N5O/c1-9-8-25-16(22-9)14-23-15-11(7-13(27-2)17(25)26(15)24-14)10-5-3-4-6-12(10)18(19,20)21/h3-8,11,17H,1-2H3. The van der Waals surface area contributed by atoms with Gasteiger partial charge in [0.25, 0.3) is 0 Å². The monoisotopic (exact) mass is 373 g/mol. The predicted octanol–water partition coefficient (Wildman–Crippen LogP) is 3.50. The molecule has 2 bridgehead atoms. The molecule has 0 spiro atoms. The average Bonchev–Trinajstić information content (AvgIpc) is 3.22. The number of benzene rings is 1. The highest BCUT2D eigenvalue weighted by Crippen LogP contribution is 2.44. The Bertz CT molecular complexity index is 1090. The van der Waals surface area contributed by atoms with E-state index >= 15 is 0 Å². The lowest BCUT2D eigenvalue weighted by molar-refractivity contribution is -0.138. The number of halogens is 3. The molecule has 2 atom stereocenters. The molecule has 138 valence electrons. The van der Waals surface area contributed by atoms with Gasteiger partial charge in [0, 0.05) is 6.20 Å². The summed E-state index contributed by atoms with van der Waals surface area (Å²) in [5.41, 5.74) is 0.233. The van der Waals surface area contributed by atoms with Gasteiger partial charge in [-0.25, -0.2) is 14.6 Å². The van der Waals surface area contributed by atoms with Crippen molar-refractivity contribution in [3.05, 3.63) is 64.9 Å². The number of ether oxygens (including phenoxy) is 1. The van der Waals surface area contributed by atoms with Crippen LogP contribution in [-0.4, -0.2) is 31.4 Å². The molecular formula is C18H14F3N5O. The summed E-state index contributed by atoms with van der Waals surface area (Å²) in [6.45, 7) is 1.86. The average molecular weight is 373 g/mol. The van der Waals surface area contributed by atoms with Crippen molar-refractivity contribution in [1.82, 2.24) is 24.3 Å². The number of hydrogen-bond acceptors (Lipinski definition) is 4. The number of fused-ring (bicyclic) bond motifs is 4. The highest BCUT2D eigenvalue weighted by molar-refractivity contribution is 5.51. The van der Waals surface area contributed by atoms with Gasteiger partial charge < -0.3 is 4.74 Å². The Morgan fingerprint density at radius 3 is 2.67 bits per heavy atom. The lowest BCUT2D eigenvalue weighted by atomic mass is 9.90. The second-order valence-electron chi connectivity index (χ2n) is 6.56. The summed E-state index contributed by atoms with van der Waals surface area (Å²) in [4.78, 5) is 8.97. The first-order valence-corrected chi connectivity index (χ1v) is 8.32. The van der Waals surface area contributed by atoms with E-state index in [0.29, 0.717) is 23.2 Å². The molecule has 4 heterocycles. The fourth-order valence-corrected chi connectivity index (χ4v) is 3.82. The molecule has 2 aliphatic rings. The van der Waals surface area contributed by atoms with Crippen LogP contribution in [0.3, 0.4) is 0 Å². The molecule has 0 aliphatic carbocycles. The zero-order chi connectivity index (χ0) is 18.9. The molecular weight excluding hydrogens is 359 g/mol. The number of hydrogen-bond donors (Lipinski definition) is 0. The van der Waals surface area contributed by atoms with Crippen LogP contribution >= 0.6 is 0 Å². The SMILES string of the molecule is COC1=CC(c2ccccc2C(F)(F)F)c2nc3nn2C1n1cc(C)nc1-3. The van der Waals surface area contributed by atoms with E-state index in [1.54, 1.807) is 16.8 Å². The number of aromatic nitrogens is 5. The van der Waals surface area contributed by atoms with Crippen LogP contribution in [-0.2, 0) is 10.9 Å². The number of aryl methyl sites for hydroxylation is 1. The molecule has 6 nitrogen and oxygen atoms in total. The lowest BCUT2D eigenvalue weighted by Gasteiger charge is -2.31. The van der Waals surface area contributed by atoms with E-state index in [1.807, 2.05) is 17.7 Å². The summed E-state index contributed by atoms with van der Waals surface area (Å²) in [5, 5.41) is 4.46. The minimum atomic E-state index is -4.47. The van der Waals surface area contributed by atoms with Crippen LogP contribution in [0.1, 0.15) is 34.7 Å². The summed E-state index contributed by atoms with van der Waals surface area (Å²) >= 11 is 0. The lowest BCUT2D eigenvalue weighted by Crippen LogP contribution is -2.31. The zero-order valence-electron chi connectivity index (χ0n) is 14.4. The third-order valence-corrected chi connectivity index (χ3v) is 4.91. The molecule has 5 rings (SSSR count). The predicted molar refractivity (Wildman–Crippen MR) is 88.8 cm³/mol. The Labute approximate surface area is 151 Å².